The maximum absolute atomic E-state index is 12.8. The van der Waals surface area contributed by atoms with Gasteiger partial charge in [0.05, 0.1) is 17.6 Å². The summed E-state index contributed by atoms with van der Waals surface area (Å²) in [6, 6.07) is 12.2. The Bertz CT molecular complexity index is 1070. The molecular formula is C24H24N2O3. The first-order chi connectivity index (χ1) is 14.2. The van der Waals surface area contributed by atoms with E-state index in [0.717, 1.165) is 12.8 Å². The summed E-state index contributed by atoms with van der Waals surface area (Å²) in [6.07, 6.45) is 7.24. The van der Waals surface area contributed by atoms with Gasteiger partial charge in [-0.25, -0.2) is 9.97 Å². The lowest BCUT2D eigenvalue weighted by molar-refractivity contribution is 0.0972. The van der Waals surface area contributed by atoms with Crippen LogP contribution in [0.3, 0.4) is 0 Å². The van der Waals surface area contributed by atoms with Crippen LogP contribution in [0.2, 0.25) is 0 Å². The summed E-state index contributed by atoms with van der Waals surface area (Å²) in [5, 5.41) is 0. The summed E-state index contributed by atoms with van der Waals surface area (Å²) in [5.74, 6) is 0.186. The van der Waals surface area contributed by atoms with E-state index in [1.54, 1.807) is 36.4 Å². The van der Waals surface area contributed by atoms with Crippen molar-refractivity contribution in [3.8, 4) is 5.75 Å². The van der Waals surface area contributed by atoms with E-state index < -0.39 is 0 Å². The summed E-state index contributed by atoms with van der Waals surface area (Å²) in [4.78, 5) is 34.5. The maximum atomic E-state index is 12.8. The zero-order valence-electron chi connectivity index (χ0n) is 16.6. The van der Waals surface area contributed by atoms with Crippen molar-refractivity contribution in [2.45, 2.75) is 45.4 Å². The van der Waals surface area contributed by atoms with Crippen molar-refractivity contribution in [1.29, 1.82) is 0 Å². The third-order valence-corrected chi connectivity index (χ3v) is 5.25. The predicted molar refractivity (Wildman–Crippen MR) is 112 cm³/mol. The summed E-state index contributed by atoms with van der Waals surface area (Å²) in [6.45, 7) is 2.87. The Morgan fingerprint density at radius 3 is 2.07 bits per heavy atom. The molecule has 3 aromatic rings. The van der Waals surface area contributed by atoms with Crippen LogP contribution in [-0.4, -0.2) is 28.1 Å². The quantitative estimate of drug-likeness (QED) is 0.391. The zero-order chi connectivity index (χ0) is 20.2. The predicted octanol–water partition coefficient (Wildman–Crippen LogP) is 5.14. The molecule has 0 spiro atoms. The van der Waals surface area contributed by atoms with Crippen LogP contribution in [0.5, 0.6) is 5.75 Å². The lowest BCUT2D eigenvalue weighted by Crippen LogP contribution is -2.23. The molecule has 5 heteroatoms. The van der Waals surface area contributed by atoms with Gasteiger partial charge in [0.2, 0.25) is 11.6 Å². The molecule has 0 amide bonds. The molecular weight excluding hydrogens is 364 g/mol. The normalized spacial score (nSPS) is 12.7. The highest BCUT2D eigenvalue weighted by molar-refractivity contribution is 6.27. The number of hydrogen-bond acceptors (Lipinski definition) is 5. The van der Waals surface area contributed by atoms with E-state index in [2.05, 4.69) is 16.9 Å². The van der Waals surface area contributed by atoms with Crippen LogP contribution < -0.4 is 4.74 Å². The van der Waals surface area contributed by atoms with Crippen molar-refractivity contribution >= 4 is 22.6 Å². The topological polar surface area (TPSA) is 69.2 Å². The van der Waals surface area contributed by atoms with Gasteiger partial charge in [-0.3, -0.25) is 9.59 Å². The first-order valence-corrected chi connectivity index (χ1v) is 10.3. The molecule has 0 radical (unpaired) electrons. The molecule has 5 nitrogen and oxygen atoms in total. The van der Waals surface area contributed by atoms with E-state index in [1.165, 1.54) is 25.7 Å². The molecule has 4 rings (SSSR count). The van der Waals surface area contributed by atoms with Crippen molar-refractivity contribution in [2.24, 2.45) is 0 Å². The zero-order valence-corrected chi connectivity index (χ0v) is 16.6. The largest absolute Gasteiger partial charge is 0.494 e. The average molecular weight is 388 g/mol. The van der Waals surface area contributed by atoms with Gasteiger partial charge in [-0.2, -0.15) is 0 Å². The summed E-state index contributed by atoms with van der Waals surface area (Å²) in [5.41, 5.74) is 2.16. The smallest absolute Gasteiger partial charge is 0.214 e. The van der Waals surface area contributed by atoms with E-state index in [0.29, 0.717) is 34.5 Å². The van der Waals surface area contributed by atoms with Gasteiger partial charge in [0.1, 0.15) is 17.1 Å². The first kappa shape index (κ1) is 19.2. The molecule has 0 saturated carbocycles. The molecule has 0 unspecified atom stereocenters. The molecule has 0 aliphatic heterocycles. The second-order valence-corrected chi connectivity index (χ2v) is 7.39. The standard InChI is InChI=1S/C24H24N2O3/c1-2-3-4-5-6-9-14-29-16-12-13-19-20(15-16)26-22-21(25-19)23(27)17-10-7-8-11-18(17)24(22)28/h7-8,10-13,15H,2-6,9,14H2,1H3. The summed E-state index contributed by atoms with van der Waals surface area (Å²) < 4.78 is 5.85. The van der Waals surface area contributed by atoms with Crippen molar-refractivity contribution < 1.29 is 14.3 Å². The number of fused-ring (bicyclic) bond motifs is 3. The second kappa shape index (κ2) is 8.52. The van der Waals surface area contributed by atoms with Gasteiger partial charge in [-0.05, 0) is 18.6 Å². The molecule has 0 atom stereocenters. The minimum Gasteiger partial charge on any atom is -0.494 e. The van der Waals surface area contributed by atoms with Gasteiger partial charge in [-0.1, -0.05) is 63.3 Å². The summed E-state index contributed by atoms with van der Waals surface area (Å²) in [7, 11) is 0. The molecule has 2 aromatic carbocycles. The number of nitrogens with zero attached hydrogens (tertiary/aromatic N) is 2. The first-order valence-electron chi connectivity index (χ1n) is 10.3. The molecule has 1 aliphatic rings. The van der Waals surface area contributed by atoms with Crippen LogP contribution in [0, 0.1) is 0 Å². The van der Waals surface area contributed by atoms with Crippen LogP contribution in [0.4, 0.5) is 0 Å². The van der Waals surface area contributed by atoms with Crippen LogP contribution >= 0.6 is 0 Å². The Morgan fingerprint density at radius 1 is 0.759 bits per heavy atom. The molecule has 1 heterocycles. The van der Waals surface area contributed by atoms with E-state index >= 15 is 0 Å². The number of carbonyl (C=O) groups excluding carboxylic acids is 2. The monoisotopic (exact) mass is 388 g/mol. The Balaban J connectivity index is 1.52. The Morgan fingerprint density at radius 2 is 1.38 bits per heavy atom. The van der Waals surface area contributed by atoms with Crippen molar-refractivity contribution in [1.82, 2.24) is 9.97 Å². The molecule has 29 heavy (non-hydrogen) atoms. The van der Waals surface area contributed by atoms with Crippen molar-refractivity contribution in [3.63, 3.8) is 0 Å². The molecule has 0 bridgehead atoms. The Hall–Kier alpha value is -3.08. The SMILES string of the molecule is CCCCCCCCOc1ccc2nc3c(nc2c1)C(=O)c1ccccc1C3=O. The highest BCUT2D eigenvalue weighted by Gasteiger charge is 2.32. The number of benzene rings is 2. The summed E-state index contributed by atoms with van der Waals surface area (Å²) >= 11 is 0. The van der Waals surface area contributed by atoms with Crippen molar-refractivity contribution in [3.05, 3.63) is 65.0 Å². The highest BCUT2D eigenvalue weighted by atomic mass is 16.5. The van der Waals surface area contributed by atoms with Crippen LogP contribution in [-0.2, 0) is 0 Å². The number of unbranched alkanes of at least 4 members (excludes halogenated alkanes) is 5. The maximum Gasteiger partial charge on any atom is 0.214 e. The molecule has 1 aliphatic carbocycles. The lowest BCUT2D eigenvalue weighted by Gasteiger charge is -2.16. The third kappa shape index (κ3) is 3.90. The average Bonchev–Trinajstić information content (AvgIpc) is 2.76. The minimum atomic E-state index is -0.261. The van der Waals surface area contributed by atoms with E-state index in [1.807, 2.05) is 6.07 Å². The number of rotatable bonds is 8. The fourth-order valence-corrected chi connectivity index (χ4v) is 3.65. The van der Waals surface area contributed by atoms with E-state index in [9.17, 15) is 9.59 Å². The van der Waals surface area contributed by atoms with Gasteiger partial charge in [0.15, 0.2) is 0 Å². The van der Waals surface area contributed by atoms with E-state index in [4.69, 9.17) is 4.74 Å². The Labute approximate surface area is 170 Å². The molecule has 1 aromatic heterocycles. The van der Waals surface area contributed by atoms with Crippen molar-refractivity contribution in [2.75, 3.05) is 6.61 Å². The number of aromatic nitrogens is 2. The van der Waals surface area contributed by atoms with E-state index in [-0.39, 0.29) is 23.0 Å². The fourth-order valence-electron chi connectivity index (χ4n) is 3.65. The van der Waals surface area contributed by atoms with Gasteiger partial charge < -0.3 is 4.74 Å². The minimum absolute atomic E-state index is 0.120. The van der Waals surface area contributed by atoms with Gasteiger partial charge in [0, 0.05) is 17.2 Å². The van der Waals surface area contributed by atoms with Gasteiger partial charge in [-0.15, -0.1) is 0 Å². The molecule has 0 N–H and O–H groups in total. The molecule has 0 saturated heterocycles. The number of ketones is 2. The van der Waals surface area contributed by atoms with Gasteiger partial charge >= 0.3 is 0 Å². The molecule has 148 valence electrons. The second-order valence-electron chi connectivity index (χ2n) is 7.39. The molecule has 0 fully saturated rings. The number of carbonyl (C=O) groups is 2. The van der Waals surface area contributed by atoms with Crippen LogP contribution in [0.25, 0.3) is 11.0 Å². The van der Waals surface area contributed by atoms with Gasteiger partial charge in [0.25, 0.3) is 0 Å². The lowest BCUT2D eigenvalue weighted by atomic mass is 9.89. The highest BCUT2D eigenvalue weighted by Crippen LogP contribution is 2.27. The number of ether oxygens (including phenoxy) is 1. The third-order valence-electron chi connectivity index (χ3n) is 5.25. The van der Waals surface area contributed by atoms with Crippen LogP contribution in [0.1, 0.15) is 77.6 Å². The fraction of sp³-hybridized carbons (Fsp3) is 0.333. The number of hydrogen-bond donors (Lipinski definition) is 0. The Kier molecular flexibility index (Phi) is 5.65. The van der Waals surface area contributed by atoms with Crippen LogP contribution in [0.15, 0.2) is 42.5 Å².